The van der Waals surface area contributed by atoms with Gasteiger partial charge in [0.05, 0.1) is 13.2 Å². The Bertz CT molecular complexity index is 886. The van der Waals surface area contributed by atoms with Crippen LogP contribution in [0.1, 0.15) is 0 Å². The molecule has 0 saturated carbocycles. The molecule has 0 N–H and O–H groups in total. The lowest BCUT2D eigenvalue weighted by atomic mass is 9.13. The van der Waals surface area contributed by atoms with Crippen molar-refractivity contribution in [1.82, 2.24) is 4.90 Å². The van der Waals surface area contributed by atoms with E-state index < -0.39 is 6.15 Å². The van der Waals surface area contributed by atoms with Gasteiger partial charge in [-0.05, 0) is 7.05 Å². The summed E-state index contributed by atoms with van der Waals surface area (Å²) in [5.74, 6) is 0. The van der Waals surface area contributed by atoms with E-state index in [0.29, 0.717) is 0 Å². The molecule has 32 heavy (non-hydrogen) atoms. The Labute approximate surface area is 192 Å². The maximum absolute atomic E-state index is 5.10. The number of ether oxygens (including phenoxy) is 1. The predicted octanol–water partition coefficient (Wildman–Crippen LogP) is 3.01. The van der Waals surface area contributed by atoms with Crippen molar-refractivity contribution in [1.29, 1.82) is 0 Å². The summed E-state index contributed by atoms with van der Waals surface area (Å²) < 4.78 is 5.10. The summed E-state index contributed by atoms with van der Waals surface area (Å²) in [6.07, 6.45) is -1.22. The largest absolute Gasteiger partial charge is 0.379 e. The van der Waals surface area contributed by atoms with E-state index in [1.807, 2.05) is 0 Å². The molecule has 1 heterocycles. The number of nitrogens with zero attached hydrogens (tertiary/aromatic N) is 1. The normalized spacial score (nSPS) is 14.3. The number of hydrogen-bond acceptors (Lipinski definition) is 2. The Kier molecular flexibility index (Phi) is 7.55. The molecular weight excluding hydrogens is 389 g/mol. The highest BCUT2D eigenvalue weighted by molar-refractivity contribution is 7.19. The van der Waals surface area contributed by atoms with Crippen molar-refractivity contribution in [3.63, 3.8) is 0 Å². The molecule has 0 aliphatic carbocycles. The first-order valence-corrected chi connectivity index (χ1v) is 11.5. The van der Waals surface area contributed by atoms with Crippen molar-refractivity contribution in [2.24, 2.45) is 0 Å². The first-order valence-electron chi connectivity index (χ1n) is 11.5. The van der Waals surface area contributed by atoms with Crippen molar-refractivity contribution in [2.45, 2.75) is 0 Å². The van der Waals surface area contributed by atoms with Crippen LogP contribution in [0.25, 0.3) is 0 Å². The van der Waals surface area contributed by atoms with Crippen LogP contribution >= 0.6 is 0 Å². The van der Waals surface area contributed by atoms with E-state index in [1.165, 1.54) is 21.9 Å². The minimum absolute atomic E-state index is 0.913. The lowest BCUT2D eigenvalue weighted by molar-refractivity contribution is 0.0503. The summed E-state index contributed by atoms with van der Waals surface area (Å²) in [7, 11) is 2.11. The van der Waals surface area contributed by atoms with Crippen LogP contribution in [0.2, 0.25) is 0 Å². The number of rotatable bonds is 4. The summed E-state index contributed by atoms with van der Waals surface area (Å²) in [4.78, 5) is 2.27. The topological polar surface area (TPSA) is 12.5 Å². The number of morpholine rings is 1. The molecule has 1 saturated heterocycles. The van der Waals surface area contributed by atoms with Crippen molar-refractivity contribution in [2.75, 3.05) is 33.4 Å². The molecule has 0 radical (unpaired) electrons. The molecule has 4 aromatic rings. The molecule has 2 nitrogen and oxygen atoms in total. The Morgan fingerprint density at radius 1 is 0.500 bits per heavy atom. The molecule has 1 fully saturated rings. The molecule has 0 aromatic heterocycles. The Morgan fingerprint density at radius 2 is 0.781 bits per heavy atom. The van der Waals surface area contributed by atoms with Gasteiger partial charge in [-0.25, -0.2) is 0 Å². The number of likely N-dealkylation sites (N-methyl/N-ethyl adjacent to an activating group) is 1. The van der Waals surface area contributed by atoms with E-state index in [1.54, 1.807) is 0 Å². The highest BCUT2D eigenvalue weighted by Crippen LogP contribution is 2.09. The summed E-state index contributed by atoms with van der Waals surface area (Å²) in [5.41, 5.74) is 5.36. The zero-order valence-corrected chi connectivity index (χ0v) is 18.8. The zero-order valence-electron chi connectivity index (χ0n) is 18.8. The molecule has 4 aromatic carbocycles. The number of hydrogen-bond donors (Lipinski definition) is 0. The van der Waals surface area contributed by atoms with Gasteiger partial charge in [0.25, 0.3) is 0 Å². The fourth-order valence-electron chi connectivity index (χ4n) is 4.78. The van der Waals surface area contributed by atoms with Crippen molar-refractivity contribution >= 4 is 28.0 Å². The summed E-state index contributed by atoms with van der Waals surface area (Å²) >= 11 is 0. The highest BCUT2D eigenvalue weighted by atomic mass is 16.5. The van der Waals surface area contributed by atoms with Crippen LogP contribution < -0.4 is 21.9 Å². The fourth-order valence-corrected chi connectivity index (χ4v) is 4.78. The molecule has 5 rings (SSSR count). The molecule has 0 atom stereocenters. The van der Waals surface area contributed by atoms with Crippen LogP contribution in [0.15, 0.2) is 121 Å². The lowest BCUT2D eigenvalue weighted by Gasteiger charge is -2.44. The zero-order chi connectivity index (χ0) is 22.1. The maximum atomic E-state index is 5.10. The molecule has 1 aliphatic rings. The van der Waals surface area contributed by atoms with E-state index >= 15 is 0 Å². The minimum atomic E-state index is -1.22. The van der Waals surface area contributed by atoms with Gasteiger partial charge in [0.2, 0.25) is 0 Å². The smallest absolute Gasteiger partial charge is 0.108 e. The third kappa shape index (κ3) is 4.85. The van der Waals surface area contributed by atoms with Gasteiger partial charge >= 0.3 is 0 Å². The van der Waals surface area contributed by atoms with Crippen LogP contribution in [-0.2, 0) is 4.74 Å². The van der Waals surface area contributed by atoms with E-state index in [4.69, 9.17) is 4.74 Å². The number of benzene rings is 4. The molecule has 0 amide bonds. The molecule has 1 aliphatic heterocycles. The maximum Gasteiger partial charge on any atom is 0.108 e. The van der Waals surface area contributed by atoms with Crippen LogP contribution in [0.5, 0.6) is 0 Å². The van der Waals surface area contributed by atoms with Crippen molar-refractivity contribution in [3.05, 3.63) is 121 Å². The molecular formula is C29H31BNO-. The van der Waals surface area contributed by atoms with E-state index in [-0.39, 0.29) is 0 Å². The monoisotopic (exact) mass is 420 g/mol. The van der Waals surface area contributed by atoms with Gasteiger partial charge in [-0.2, -0.15) is 21.9 Å². The first kappa shape index (κ1) is 22.1. The van der Waals surface area contributed by atoms with Gasteiger partial charge in [0, 0.05) is 13.1 Å². The van der Waals surface area contributed by atoms with E-state index in [0.717, 1.165) is 26.3 Å². The van der Waals surface area contributed by atoms with Crippen molar-refractivity contribution in [3.8, 4) is 0 Å². The van der Waals surface area contributed by atoms with Crippen LogP contribution in [0.3, 0.4) is 0 Å². The van der Waals surface area contributed by atoms with Gasteiger partial charge in [-0.3, -0.25) is 0 Å². The fraction of sp³-hybridized carbons (Fsp3) is 0.172. The average Bonchev–Trinajstić information content (AvgIpc) is 2.88. The Morgan fingerprint density at radius 3 is 1.00 bits per heavy atom. The SMILES string of the molecule is CN1CCOCC1.c1ccc([B-](c2ccccc2)(c2ccccc2)c2ccccc2)cc1. The van der Waals surface area contributed by atoms with Gasteiger partial charge < -0.3 is 9.64 Å². The summed E-state index contributed by atoms with van der Waals surface area (Å²) in [6.45, 7) is 4.02. The standard InChI is InChI=1S/C24H20B.C5H11NO/c1-5-13-21(14-6-1)25(22-15-7-2-8-16-22,23-17-9-3-10-18-23)24-19-11-4-12-20-24;1-6-2-4-7-5-3-6/h1-20H;2-5H2,1H3/q-1;. The van der Waals surface area contributed by atoms with E-state index in [2.05, 4.69) is 133 Å². The predicted molar refractivity (Wildman–Crippen MR) is 138 cm³/mol. The second-order valence-corrected chi connectivity index (χ2v) is 8.42. The van der Waals surface area contributed by atoms with Gasteiger partial charge in [-0.1, -0.05) is 121 Å². The summed E-state index contributed by atoms with van der Waals surface area (Å²) in [6, 6.07) is 43.5. The van der Waals surface area contributed by atoms with E-state index in [9.17, 15) is 0 Å². The second kappa shape index (κ2) is 10.9. The molecule has 0 spiro atoms. The van der Waals surface area contributed by atoms with Gasteiger partial charge in [0.1, 0.15) is 6.15 Å². The quantitative estimate of drug-likeness (QED) is 0.471. The summed E-state index contributed by atoms with van der Waals surface area (Å²) in [5, 5.41) is 0. The molecule has 0 bridgehead atoms. The molecule has 3 heteroatoms. The van der Waals surface area contributed by atoms with Crippen LogP contribution in [0.4, 0.5) is 0 Å². The Balaban J connectivity index is 0.000000300. The minimum Gasteiger partial charge on any atom is -0.379 e. The molecule has 162 valence electrons. The third-order valence-corrected chi connectivity index (χ3v) is 6.43. The lowest BCUT2D eigenvalue weighted by Crippen LogP contribution is -2.74. The Hall–Kier alpha value is -3.14. The van der Waals surface area contributed by atoms with Crippen LogP contribution in [-0.4, -0.2) is 44.4 Å². The van der Waals surface area contributed by atoms with Crippen LogP contribution in [0, 0.1) is 0 Å². The first-order chi connectivity index (χ1) is 15.8. The third-order valence-electron chi connectivity index (χ3n) is 6.43. The van der Waals surface area contributed by atoms with Gasteiger partial charge in [-0.15, -0.1) is 0 Å². The second-order valence-electron chi connectivity index (χ2n) is 8.42. The van der Waals surface area contributed by atoms with Gasteiger partial charge in [0.15, 0.2) is 0 Å². The molecule has 0 unspecified atom stereocenters. The highest BCUT2D eigenvalue weighted by Gasteiger charge is 2.30. The van der Waals surface area contributed by atoms with Crippen molar-refractivity contribution < 1.29 is 4.74 Å². The average molecular weight is 420 g/mol.